The monoisotopic (exact) mass is 892 g/mol. The van der Waals surface area contributed by atoms with Crippen LogP contribution in [-0.2, 0) is 65.4 Å². The van der Waals surface area contributed by atoms with Crippen molar-refractivity contribution in [2.75, 3.05) is 5.75 Å². The molecule has 0 aromatic heterocycles. The van der Waals surface area contributed by atoms with E-state index in [1.807, 2.05) is 87.0 Å². The molecule has 328 valence electrons. The maximum Gasteiger partial charge on any atom is 0.429 e. The second kappa shape index (κ2) is 21.4. The van der Waals surface area contributed by atoms with Crippen molar-refractivity contribution in [2.45, 2.75) is 69.3 Å². The van der Waals surface area contributed by atoms with Crippen LogP contribution < -0.4 is 19.7 Å². The van der Waals surface area contributed by atoms with E-state index >= 15 is 0 Å². The topological polar surface area (TPSA) is 160 Å². The van der Waals surface area contributed by atoms with Crippen molar-refractivity contribution in [3.63, 3.8) is 0 Å². The molecule has 0 bridgehead atoms. The molecule has 0 aliphatic carbocycles. The third-order valence-electron chi connectivity index (χ3n) is 11.1. The van der Waals surface area contributed by atoms with Gasteiger partial charge in [0.05, 0.1) is 22.3 Å². The molecule has 0 aliphatic heterocycles. The molecule has 1 N–H and O–H groups in total. The average molecular weight is 891 g/mol. The fraction of sp³-hybridized carbons (Fsp3) is 0.300. The molecule has 1 unspecified atom stereocenters. The minimum Gasteiger partial charge on any atom is -0.445 e. The van der Waals surface area contributed by atoms with Crippen molar-refractivity contribution in [1.82, 2.24) is 0 Å². The van der Waals surface area contributed by atoms with E-state index in [0.717, 1.165) is 22.8 Å². The number of benzene rings is 4. The van der Waals surface area contributed by atoms with Crippen molar-refractivity contribution in [3.05, 3.63) is 115 Å². The number of carbonyl (C=O) groups excluding carboxylic acids is 4. The predicted octanol–water partition coefficient (Wildman–Crippen LogP) is -2.97. The van der Waals surface area contributed by atoms with Crippen LogP contribution in [0.25, 0.3) is 0 Å². The number of rotatable bonds is 18. The van der Waals surface area contributed by atoms with Gasteiger partial charge in [0.25, 0.3) is 10.1 Å². The van der Waals surface area contributed by atoms with Crippen molar-refractivity contribution < 1.29 is 64.3 Å². The lowest BCUT2D eigenvalue weighted by Gasteiger charge is -2.30. The van der Waals surface area contributed by atoms with Gasteiger partial charge in [0.2, 0.25) is 5.60 Å². The smallest absolute Gasteiger partial charge is 0.429 e. The number of hydrogen-bond acceptors (Lipinski definition) is 10. The fourth-order valence-electron chi connectivity index (χ4n) is 7.41. The average Bonchev–Trinajstić information content (AvgIpc) is 3.24. The molecule has 0 fully saturated rings. The van der Waals surface area contributed by atoms with E-state index in [0.29, 0.717) is 89.9 Å². The van der Waals surface area contributed by atoms with Crippen molar-refractivity contribution >= 4 is 110 Å². The minimum atomic E-state index is -5.59. The standard InChI is InChI=1S/C40H48B9F3O11S/c1-39(40(50,51)52,18-64(57,58)59)63-38(56)30-9-28(36(54)61-33-24(15-46)4-20(11-42)5-25(33)16-47)27(35(53)60-32-22(13-44)2-19(10-41)3-23(32)14-45)8-29(30)37(55)62-34-26(17-48)6-21(12-43)7-31(34)49/h2-9H,10-18,41-49H2,1H3,(H,57,58,59). The number of esters is 4. The van der Waals surface area contributed by atoms with Crippen molar-refractivity contribution in [3.8, 4) is 17.2 Å². The highest BCUT2D eigenvalue weighted by Crippen LogP contribution is 2.37. The molecule has 0 spiro atoms. The second-order valence-electron chi connectivity index (χ2n) is 15.7. The Kier molecular flexibility index (Phi) is 17.2. The lowest BCUT2D eigenvalue weighted by Crippen LogP contribution is -2.51. The van der Waals surface area contributed by atoms with Crippen LogP contribution in [0.15, 0.2) is 48.5 Å². The van der Waals surface area contributed by atoms with Crippen LogP contribution in [0.5, 0.6) is 17.2 Å². The van der Waals surface area contributed by atoms with Gasteiger partial charge in [0.1, 0.15) is 93.6 Å². The molecule has 0 heterocycles. The predicted molar refractivity (Wildman–Crippen MR) is 263 cm³/mol. The Labute approximate surface area is 380 Å². The number of ether oxygens (including phenoxy) is 4. The first-order valence-electron chi connectivity index (χ1n) is 21.5. The fourth-order valence-corrected chi connectivity index (χ4v) is 8.33. The Morgan fingerprint density at radius 2 is 0.812 bits per heavy atom. The lowest BCUT2D eigenvalue weighted by molar-refractivity contribution is -0.243. The highest BCUT2D eigenvalue weighted by Gasteiger charge is 2.57. The molecule has 0 radical (unpaired) electrons. The van der Waals surface area contributed by atoms with Crippen LogP contribution in [0.1, 0.15) is 92.9 Å². The van der Waals surface area contributed by atoms with E-state index in [4.69, 9.17) is 18.9 Å². The van der Waals surface area contributed by atoms with Crippen LogP contribution in [0.4, 0.5) is 13.2 Å². The highest BCUT2D eigenvalue weighted by molar-refractivity contribution is 7.85. The summed E-state index contributed by atoms with van der Waals surface area (Å²) in [7, 11) is 11.3. The van der Waals surface area contributed by atoms with Crippen LogP contribution in [0, 0.1) is 0 Å². The van der Waals surface area contributed by atoms with Gasteiger partial charge >= 0.3 is 30.1 Å². The Morgan fingerprint density at radius 3 is 1.11 bits per heavy atom. The van der Waals surface area contributed by atoms with Gasteiger partial charge in [-0.2, -0.15) is 21.6 Å². The van der Waals surface area contributed by atoms with Crippen LogP contribution in [0.2, 0.25) is 0 Å². The van der Waals surface area contributed by atoms with Gasteiger partial charge in [-0.05, 0) is 52.3 Å². The van der Waals surface area contributed by atoms with Crippen LogP contribution >= 0.6 is 0 Å². The zero-order chi connectivity index (χ0) is 47.9. The second-order valence-corrected chi connectivity index (χ2v) is 17.1. The number of halogens is 3. The first kappa shape index (κ1) is 51.7. The third-order valence-corrected chi connectivity index (χ3v) is 12.1. The number of hydrogen-bond donors (Lipinski definition) is 1. The van der Waals surface area contributed by atoms with Crippen molar-refractivity contribution in [1.29, 1.82) is 0 Å². The summed E-state index contributed by atoms with van der Waals surface area (Å²) in [6, 6.07) is 12.5. The Hall–Kier alpha value is -4.96. The maximum absolute atomic E-state index is 14.6. The largest absolute Gasteiger partial charge is 0.445 e. The molecule has 0 saturated heterocycles. The van der Waals surface area contributed by atoms with E-state index < -0.39 is 73.8 Å². The first-order valence-corrected chi connectivity index (χ1v) is 23.1. The Morgan fingerprint density at radius 1 is 0.516 bits per heavy atom. The first-order chi connectivity index (χ1) is 30.0. The van der Waals surface area contributed by atoms with Gasteiger partial charge in [-0.1, -0.05) is 104 Å². The summed E-state index contributed by atoms with van der Waals surface area (Å²) in [5.41, 5.74) is -0.481. The molecule has 1 atom stereocenters. The molecular weight excluding hydrogens is 843 g/mol. The summed E-state index contributed by atoms with van der Waals surface area (Å²) in [5.74, 6) is -7.36. The zero-order valence-electron chi connectivity index (χ0n) is 38.1. The number of carbonyl (C=O) groups is 4. The summed E-state index contributed by atoms with van der Waals surface area (Å²) in [6.07, 6.45) is -1.51. The molecule has 0 saturated carbocycles. The van der Waals surface area contributed by atoms with E-state index in [2.05, 4.69) is 0 Å². The van der Waals surface area contributed by atoms with E-state index in [1.54, 1.807) is 20.0 Å². The van der Waals surface area contributed by atoms with Crippen LogP contribution in [-0.4, -0.2) is 125 Å². The van der Waals surface area contributed by atoms with Gasteiger partial charge in [-0.25, -0.2) is 19.2 Å². The molecule has 64 heavy (non-hydrogen) atoms. The number of alkyl halides is 3. The van der Waals surface area contributed by atoms with Gasteiger partial charge in [0, 0.05) is 0 Å². The van der Waals surface area contributed by atoms with Gasteiger partial charge in [-0.15, -0.1) is 0 Å². The highest BCUT2D eigenvalue weighted by atomic mass is 32.2. The zero-order valence-corrected chi connectivity index (χ0v) is 38.9. The maximum atomic E-state index is 14.6. The normalized spacial score (nSPS) is 12.5. The molecule has 24 heteroatoms. The Bertz CT molecular complexity index is 2530. The van der Waals surface area contributed by atoms with E-state index in [1.165, 1.54) is 0 Å². The van der Waals surface area contributed by atoms with E-state index in [9.17, 15) is 45.3 Å². The molecule has 11 nitrogen and oxygen atoms in total. The Balaban J connectivity index is 2.09. The molecule has 0 amide bonds. The van der Waals surface area contributed by atoms with Crippen molar-refractivity contribution in [2.24, 2.45) is 0 Å². The summed E-state index contributed by atoms with van der Waals surface area (Å²) in [5, 5.41) is 0. The summed E-state index contributed by atoms with van der Waals surface area (Å²) >= 11 is 0. The summed E-state index contributed by atoms with van der Waals surface area (Å²) in [6.45, 7) is 0.225. The minimum absolute atomic E-state index is 0.0778. The lowest BCUT2D eigenvalue weighted by atomic mass is 9.83. The molecular formula is C40H48B9F3O11S. The van der Waals surface area contributed by atoms with Crippen LogP contribution in [0.3, 0.4) is 0 Å². The van der Waals surface area contributed by atoms with Gasteiger partial charge in [0.15, 0.2) is 0 Å². The van der Waals surface area contributed by atoms with Gasteiger partial charge in [-0.3, -0.25) is 4.55 Å². The SMILES string of the molecule is BCc1cc(B)c(OC(=O)c2cc(C(=O)Oc3c(CB)cc(CB)cc3CB)c(C(=O)Oc3c(CB)cc(CB)cc3CB)cc2C(=O)OC(C)(CS(=O)(=O)O)C(F)(F)F)c(CB)c1. The summed E-state index contributed by atoms with van der Waals surface area (Å²) < 4.78 is 99.7. The third kappa shape index (κ3) is 11.8. The molecule has 4 aromatic carbocycles. The quantitative estimate of drug-likeness (QED) is 0.0471. The summed E-state index contributed by atoms with van der Waals surface area (Å²) in [4.78, 5) is 57.8. The van der Waals surface area contributed by atoms with E-state index in [-0.39, 0.29) is 24.2 Å². The molecule has 0 aliphatic rings. The molecule has 4 rings (SSSR count). The molecule has 4 aromatic rings. The van der Waals surface area contributed by atoms with Gasteiger partial charge < -0.3 is 18.9 Å².